The van der Waals surface area contributed by atoms with E-state index in [2.05, 4.69) is 6.92 Å². The van der Waals surface area contributed by atoms with E-state index in [1.165, 1.54) is 4.31 Å². The van der Waals surface area contributed by atoms with Crippen molar-refractivity contribution in [1.82, 2.24) is 8.61 Å². The summed E-state index contributed by atoms with van der Waals surface area (Å²) in [4.78, 5) is 0. The maximum absolute atomic E-state index is 12.6. The van der Waals surface area contributed by atoms with E-state index < -0.39 is 10.2 Å². The zero-order valence-corrected chi connectivity index (χ0v) is 12.3. The molecule has 19 heavy (non-hydrogen) atoms. The summed E-state index contributed by atoms with van der Waals surface area (Å²) in [5, 5.41) is 7.50. The molecule has 1 atom stereocenters. The molecule has 110 valence electrons. The van der Waals surface area contributed by atoms with Crippen LogP contribution in [-0.2, 0) is 10.2 Å². The molecule has 2 aliphatic rings. The maximum atomic E-state index is 12.6. The first-order valence-electron chi connectivity index (χ1n) is 7.00. The van der Waals surface area contributed by atoms with Crippen molar-refractivity contribution in [3.05, 3.63) is 0 Å². The van der Waals surface area contributed by atoms with Crippen LogP contribution < -0.4 is 5.73 Å². The molecule has 0 aliphatic carbocycles. The molecular weight excluding hydrogens is 264 g/mol. The predicted molar refractivity (Wildman–Crippen MR) is 75.1 cm³/mol. The lowest BCUT2D eigenvalue weighted by Gasteiger charge is -2.37. The Hall–Kier alpha value is -0.660. The average molecular weight is 288 g/mol. The molecule has 7 heteroatoms. The van der Waals surface area contributed by atoms with Crippen molar-refractivity contribution in [3.8, 4) is 0 Å². The Bertz CT molecular complexity index is 429. The van der Waals surface area contributed by atoms with Crippen LogP contribution in [0.3, 0.4) is 0 Å². The number of nitrogens with zero attached hydrogens (tertiary/aromatic N) is 2. The molecule has 0 aromatic rings. The number of nitrogens with two attached hydrogens (primary N) is 1. The van der Waals surface area contributed by atoms with Gasteiger partial charge in [0.1, 0.15) is 0 Å². The van der Waals surface area contributed by atoms with Crippen LogP contribution in [0.15, 0.2) is 0 Å². The minimum Gasteiger partial charge on any atom is -0.387 e. The first-order valence-corrected chi connectivity index (χ1v) is 8.40. The summed E-state index contributed by atoms with van der Waals surface area (Å²) >= 11 is 0. The molecule has 0 spiro atoms. The van der Waals surface area contributed by atoms with E-state index in [9.17, 15) is 8.42 Å². The third-order valence-corrected chi connectivity index (χ3v) is 6.22. The molecule has 1 unspecified atom stereocenters. The topological polar surface area (TPSA) is 90.5 Å². The van der Waals surface area contributed by atoms with Gasteiger partial charge in [-0.1, -0.05) is 6.92 Å². The highest BCUT2D eigenvalue weighted by atomic mass is 32.2. The Morgan fingerprint density at radius 3 is 2.37 bits per heavy atom. The standard InChI is InChI=1S/C12H24N4O2S/c1-10-4-7-15(8-5-10)19(17,18)16-6-2-3-11(9-16)12(13)14/h10-11H,2-9H2,1H3,(H3,13,14). The van der Waals surface area contributed by atoms with E-state index in [1.54, 1.807) is 4.31 Å². The van der Waals surface area contributed by atoms with Crippen molar-refractivity contribution in [2.45, 2.75) is 32.6 Å². The molecule has 3 N–H and O–H groups in total. The monoisotopic (exact) mass is 288 g/mol. The van der Waals surface area contributed by atoms with Crippen LogP contribution in [0.2, 0.25) is 0 Å². The molecule has 2 saturated heterocycles. The van der Waals surface area contributed by atoms with Crippen molar-refractivity contribution in [1.29, 1.82) is 5.41 Å². The lowest BCUT2D eigenvalue weighted by Crippen LogP contribution is -2.51. The molecule has 2 rings (SSSR count). The zero-order valence-electron chi connectivity index (χ0n) is 11.5. The molecule has 6 nitrogen and oxygen atoms in total. The summed E-state index contributed by atoms with van der Waals surface area (Å²) in [7, 11) is -3.36. The molecule has 2 aliphatic heterocycles. The highest BCUT2D eigenvalue weighted by Crippen LogP contribution is 2.24. The Balaban J connectivity index is 2.04. The number of piperidine rings is 2. The Morgan fingerprint density at radius 1 is 1.16 bits per heavy atom. The van der Waals surface area contributed by atoms with E-state index >= 15 is 0 Å². The van der Waals surface area contributed by atoms with Gasteiger partial charge in [0.05, 0.1) is 5.84 Å². The van der Waals surface area contributed by atoms with Gasteiger partial charge in [0.15, 0.2) is 0 Å². The summed E-state index contributed by atoms with van der Waals surface area (Å²) in [5.41, 5.74) is 5.52. The lowest BCUT2D eigenvalue weighted by atomic mass is 9.99. The molecule has 2 fully saturated rings. The lowest BCUT2D eigenvalue weighted by molar-refractivity contribution is 0.243. The first kappa shape index (κ1) is 14.7. The number of rotatable bonds is 3. The summed E-state index contributed by atoms with van der Waals surface area (Å²) in [6, 6.07) is 0. The third kappa shape index (κ3) is 3.27. The van der Waals surface area contributed by atoms with Crippen molar-refractivity contribution >= 4 is 16.0 Å². The van der Waals surface area contributed by atoms with Gasteiger partial charge in [-0.2, -0.15) is 17.0 Å². The minimum absolute atomic E-state index is 0.104. The van der Waals surface area contributed by atoms with Crippen molar-refractivity contribution in [2.75, 3.05) is 26.2 Å². The molecule has 0 radical (unpaired) electrons. The van der Waals surface area contributed by atoms with Crippen LogP contribution in [0.5, 0.6) is 0 Å². The minimum atomic E-state index is -3.36. The molecule has 0 bridgehead atoms. The van der Waals surface area contributed by atoms with E-state index in [1.807, 2.05) is 0 Å². The van der Waals surface area contributed by atoms with E-state index in [4.69, 9.17) is 11.1 Å². The van der Waals surface area contributed by atoms with Crippen LogP contribution in [0.1, 0.15) is 32.6 Å². The largest absolute Gasteiger partial charge is 0.387 e. The fourth-order valence-electron chi connectivity index (χ4n) is 2.78. The molecule has 2 heterocycles. The zero-order chi connectivity index (χ0) is 14.0. The summed E-state index contributed by atoms with van der Waals surface area (Å²) in [6.45, 7) is 4.31. The van der Waals surface area contributed by atoms with Crippen LogP contribution in [0.25, 0.3) is 0 Å². The smallest absolute Gasteiger partial charge is 0.281 e. The highest BCUT2D eigenvalue weighted by Gasteiger charge is 2.35. The van der Waals surface area contributed by atoms with Gasteiger partial charge in [0.2, 0.25) is 0 Å². The highest BCUT2D eigenvalue weighted by molar-refractivity contribution is 7.86. The molecular formula is C12H24N4O2S. The summed E-state index contributed by atoms with van der Waals surface area (Å²) in [6.07, 6.45) is 3.47. The van der Waals surface area contributed by atoms with Crippen LogP contribution in [-0.4, -0.2) is 49.0 Å². The predicted octanol–water partition coefficient (Wildman–Crippen LogP) is 0.611. The molecule has 0 aromatic heterocycles. The normalized spacial score (nSPS) is 28.4. The van der Waals surface area contributed by atoms with Gasteiger partial charge in [0, 0.05) is 32.1 Å². The first-order chi connectivity index (χ1) is 8.91. The van der Waals surface area contributed by atoms with Gasteiger partial charge < -0.3 is 5.73 Å². The second kappa shape index (κ2) is 5.76. The average Bonchev–Trinajstić information content (AvgIpc) is 2.39. The van der Waals surface area contributed by atoms with Crippen molar-refractivity contribution < 1.29 is 8.42 Å². The number of hydrogen-bond donors (Lipinski definition) is 2. The van der Waals surface area contributed by atoms with Crippen LogP contribution in [0.4, 0.5) is 0 Å². The SMILES string of the molecule is CC1CCN(S(=O)(=O)N2CCCC(C(=N)N)C2)CC1. The van der Waals surface area contributed by atoms with Gasteiger partial charge in [-0.05, 0) is 31.6 Å². The van der Waals surface area contributed by atoms with E-state index in [0.29, 0.717) is 32.1 Å². The Labute approximate surface area is 115 Å². The molecule has 0 aromatic carbocycles. The number of hydrogen-bond acceptors (Lipinski definition) is 3. The molecule has 0 amide bonds. The fourth-order valence-corrected chi connectivity index (χ4v) is 4.51. The van der Waals surface area contributed by atoms with Gasteiger partial charge in [0.25, 0.3) is 10.2 Å². The van der Waals surface area contributed by atoms with Gasteiger partial charge in [-0.3, -0.25) is 5.41 Å². The van der Waals surface area contributed by atoms with E-state index in [-0.39, 0.29) is 11.8 Å². The van der Waals surface area contributed by atoms with Crippen LogP contribution >= 0.6 is 0 Å². The Kier molecular flexibility index (Phi) is 4.47. The quantitative estimate of drug-likeness (QED) is 0.589. The maximum Gasteiger partial charge on any atom is 0.281 e. The van der Waals surface area contributed by atoms with Crippen LogP contribution in [0, 0.1) is 17.2 Å². The number of amidine groups is 1. The summed E-state index contributed by atoms with van der Waals surface area (Å²) in [5.74, 6) is 0.595. The van der Waals surface area contributed by atoms with Gasteiger partial charge in [-0.15, -0.1) is 0 Å². The molecule has 0 saturated carbocycles. The van der Waals surface area contributed by atoms with Crippen molar-refractivity contribution in [3.63, 3.8) is 0 Å². The summed E-state index contributed by atoms with van der Waals surface area (Å²) < 4.78 is 28.2. The Morgan fingerprint density at radius 2 is 1.79 bits per heavy atom. The van der Waals surface area contributed by atoms with E-state index in [0.717, 1.165) is 25.7 Å². The van der Waals surface area contributed by atoms with Gasteiger partial charge >= 0.3 is 0 Å². The number of nitrogens with one attached hydrogen (secondary N) is 1. The van der Waals surface area contributed by atoms with Crippen molar-refractivity contribution in [2.24, 2.45) is 17.6 Å². The second-order valence-corrected chi connectivity index (χ2v) is 7.67. The fraction of sp³-hybridized carbons (Fsp3) is 0.917. The third-order valence-electron chi connectivity index (χ3n) is 4.22. The van der Waals surface area contributed by atoms with Gasteiger partial charge in [-0.25, -0.2) is 0 Å². The second-order valence-electron chi connectivity index (χ2n) is 5.74.